The van der Waals surface area contributed by atoms with Crippen LogP contribution in [0.2, 0.25) is 0 Å². The highest BCUT2D eigenvalue weighted by atomic mass is 16.7. The lowest BCUT2D eigenvalue weighted by atomic mass is 10.0. The van der Waals surface area contributed by atoms with E-state index in [-0.39, 0.29) is 12.1 Å². The first kappa shape index (κ1) is 20.7. The van der Waals surface area contributed by atoms with Crippen LogP contribution in [0.3, 0.4) is 0 Å². The van der Waals surface area contributed by atoms with Gasteiger partial charge in [-0.25, -0.2) is 9.67 Å². The fraction of sp³-hybridized carbons (Fsp3) is 0.292. The topological polar surface area (TPSA) is 116 Å². The van der Waals surface area contributed by atoms with Gasteiger partial charge in [0, 0.05) is 22.8 Å². The van der Waals surface area contributed by atoms with Crippen LogP contribution in [0.15, 0.2) is 61.1 Å². The summed E-state index contributed by atoms with van der Waals surface area (Å²) >= 11 is 0. The summed E-state index contributed by atoms with van der Waals surface area (Å²) in [7, 11) is 0. The summed E-state index contributed by atoms with van der Waals surface area (Å²) in [6.45, 7) is 4.78. The second-order valence-corrected chi connectivity index (χ2v) is 8.84. The minimum atomic E-state index is -0.613. The molecule has 1 aliphatic rings. The molecule has 0 amide bonds. The van der Waals surface area contributed by atoms with Crippen LogP contribution in [0.1, 0.15) is 31.3 Å². The van der Waals surface area contributed by atoms with Gasteiger partial charge in [0.25, 0.3) is 0 Å². The minimum absolute atomic E-state index is 0.144. The number of tetrazole rings is 1. The fourth-order valence-corrected chi connectivity index (χ4v) is 4.33. The number of imidazole rings is 1. The van der Waals surface area contributed by atoms with Crippen LogP contribution in [0.4, 0.5) is 5.69 Å². The molecule has 0 saturated carbocycles. The molecule has 1 aliphatic heterocycles. The molecule has 2 unspecified atom stereocenters. The molecule has 1 saturated heterocycles. The number of para-hydroxylation sites is 1. The first-order valence-electron chi connectivity index (χ1n) is 11.2. The number of pyridine rings is 1. The second kappa shape index (κ2) is 8.15. The molecule has 0 aliphatic carbocycles. The van der Waals surface area contributed by atoms with Crippen LogP contribution in [-0.2, 0) is 16.0 Å². The van der Waals surface area contributed by atoms with Crippen molar-refractivity contribution in [2.75, 3.05) is 11.9 Å². The molecule has 5 aromatic rings. The van der Waals surface area contributed by atoms with Gasteiger partial charge in [0.05, 0.1) is 36.0 Å². The van der Waals surface area contributed by atoms with Gasteiger partial charge in [-0.3, -0.25) is 4.98 Å². The van der Waals surface area contributed by atoms with E-state index in [0.29, 0.717) is 19.0 Å². The smallest absolute Gasteiger partial charge is 0.178 e. The Balaban J connectivity index is 1.39. The first-order valence-corrected chi connectivity index (χ1v) is 11.2. The zero-order chi connectivity index (χ0) is 23.1. The van der Waals surface area contributed by atoms with Crippen molar-refractivity contribution in [2.45, 2.75) is 38.3 Å². The van der Waals surface area contributed by atoms with E-state index in [9.17, 15) is 0 Å². The average molecular weight is 457 g/mol. The third kappa shape index (κ3) is 3.97. The quantitative estimate of drug-likeness (QED) is 0.399. The normalized spacial score (nSPS) is 18.5. The Labute approximate surface area is 195 Å². The summed E-state index contributed by atoms with van der Waals surface area (Å²) < 4.78 is 13.5. The number of anilines is 1. The number of aromatic amines is 1. The predicted molar refractivity (Wildman–Crippen MR) is 126 cm³/mol. The molecular weight excluding hydrogens is 432 g/mol. The molecule has 2 aromatic carbocycles. The highest BCUT2D eigenvalue weighted by molar-refractivity contribution is 5.80. The monoisotopic (exact) mass is 456 g/mol. The second-order valence-electron chi connectivity index (χ2n) is 8.84. The summed E-state index contributed by atoms with van der Waals surface area (Å²) in [4.78, 5) is 12.1. The zero-order valence-corrected chi connectivity index (χ0v) is 18.8. The summed E-state index contributed by atoms with van der Waals surface area (Å²) in [6, 6.07) is 15.8. The molecule has 0 bridgehead atoms. The Morgan fingerprint density at radius 2 is 2.06 bits per heavy atom. The lowest BCUT2D eigenvalue weighted by Crippen LogP contribution is -2.27. The fourth-order valence-electron chi connectivity index (χ4n) is 4.33. The molecule has 10 heteroatoms. The van der Waals surface area contributed by atoms with Gasteiger partial charge < -0.3 is 19.8 Å². The molecule has 1 fully saturated rings. The number of fused-ring (bicyclic) bond motifs is 2. The van der Waals surface area contributed by atoms with Crippen molar-refractivity contribution in [2.24, 2.45) is 0 Å². The number of hydrogen-bond donors (Lipinski definition) is 2. The van der Waals surface area contributed by atoms with E-state index >= 15 is 0 Å². The SMILES string of the molecule is CC1(C)OCC(Cn2nnnc2C(Nc2ccc3nc[nH]c3c2)c2cnc3ccccc3c2)O1. The molecule has 2 N–H and O–H groups in total. The molecule has 10 nitrogen and oxygen atoms in total. The van der Waals surface area contributed by atoms with Crippen molar-refractivity contribution in [3.8, 4) is 0 Å². The van der Waals surface area contributed by atoms with E-state index in [0.717, 1.165) is 33.2 Å². The van der Waals surface area contributed by atoms with Crippen LogP contribution in [0.5, 0.6) is 0 Å². The highest BCUT2D eigenvalue weighted by Gasteiger charge is 2.34. The van der Waals surface area contributed by atoms with Crippen molar-refractivity contribution in [3.63, 3.8) is 0 Å². The van der Waals surface area contributed by atoms with Crippen molar-refractivity contribution in [3.05, 3.63) is 72.4 Å². The number of aromatic nitrogens is 7. The summed E-state index contributed by atoms with van der Waals surface area (Å²) in [5.74, 6) is 0.0493. The Morgan fingerprint density at radius 3 is 2.94 bits per heavy atom. The van der Waals surface area contributed by atoms with Gasteiger partial charge in [-0.1, -0.05) is 18.2 Å². The van der Waals surface area contributed by atoms with Crippen LogP contribution in [0, 0.1) is 0 Å². The molecule has 0 spiro atoms. The molecule has 3 aromatic heterocycles. The van der Waals surface area contributed by atoms with Gasteiger partial charge in [0.15, 0.2) is 11.6 Å². The number of ether oxygens (including phenoxy) is 2. The average Bonchev–Trinajstić information content (AvgIpc) is 3.57. The Morgan fingerprint density at radius 1 is 1.15 bits per heavy atom. The molecular formula is C24H24N8O2. The van der Waals surface area contributed by atoms with Gasteiger partial charge in [-0.2, -0.15) is 0 Å². The number of nitrogens with one attached hydrogen (secondary N) is 2. The number of benzene rings is 2. The van der Waals surface area contributed by atoms with Crippen molar-refractivity contribution < 1.29 is 9.47 Å². The first-order chi connectivity index (χ1) is 16.5. The third-order valence-electron chi connectivity index (χ3n) is 5.94. The number of nitrogens with zero attached hydrogens (tertiary/aromatic N) is 6. The van der Waals surface area contributed by atoms with Crippen LogP contribution in [-0.4, -0.2) is 53.7 Å². The van der Waals surface area contributed by atoms with E-state index in [1.807, 2.05) is 62.5 Å². The predicted octanol–water partition coefficient (Wildman–Crippen LogP) is 3.45. The number of H-pyrrole nitrogens is 1. The summed E-state index contributed by atoms with van der Waals surface area (Å²) in [5, 5.41) is 17.3. The van der Waals surface area contributed by atoms with E-state index < -0.39 is 5.79 Å². The van der Waals surface area contributed by atoms with Gasteiger partial charge in [-0.15, -0.1) is 5.10 Å². The van der Waals surface area contributed by atoms with E-state index in [1.165, 1.54) is 0 Å². The lowest BCUT2D eigenvalue weighted by molar-refractivity contribution is -0.140. The van der Waals surface area contributed by atoms with Crippen molar-refractivity contribution >= 4 is 27.6 Å². The van der Waals surface area contributed by atoms with Crippen LogP contribution in [0.25, 0.3) is 21.9 Å². The van der Waals surface area contributed by atoms with Crippen LogP contribution >= 0.6 is 0 Å². The largest absolute Gasteiger partial charge is 0.371 e. The van der Waals surface area contributed by atoms with E-state index in [1.54, 1.807) is 11.0 Å². The Bertz CT molecular complexity index is 1460. The number of hydrogen-bond acceptors (Lipinski definition) is 8. The maximum atomic E-state index is 6.00. The van der Waals surface area contributed by atoms with Gasteiger partial charge in [0.2, 0.25) is 0 Å². The lowest BCUT2D eigenvalue weighted by Gasteiger charge is -2.21. The third-order valence-corrected chi connectivity index (χ3v) is 5.94. The highest BCUT2D eigenvalue weighted by Crippen LogP contribution is 2.29. The van der Waals surface area contributed by atoms with E-state index in [2.05, 4.69) is 41.9 Å². The van der Waals surface area contributed by atoms with Gasteiger partial charge in [-0.05, 0) is 54.6 Å². The summed E-state index contributed by atoms with van der Waals surface area (Å²) in [5.41, 5.74) is 4.63. The Hall–Kier alpha value is -3.89. The number of rotatable bonds is 6. The standard InChI is InChI=1S/C24H24N8O2/c1-24(2)33-13-18(34-24)12-32-23(29-30-31-32)22(16-9-15-5-3-4-6-19(15)25-11-16)28-17-7-8-20-21(10-17)27-14-26-20/h3-11,14,18,22,28H,12-13H2,1-2H3,(H,26,27). The Kier molecular flexibility index (Phi) is 4.96. The van der Waals surface area contributed by atoms with Gasteiger partial charge >= 0.3 is 0 Å². The molecule has 2 atom stereocenters. The van der Waals surface area contributed by atoms with E-state index in [4.69, 9.17) is 9.47 Å². The molecule has 34 heavy (non-hydrogen) atoms. The maximum absolute atomic E-state index is 6.00. The molecule has 4 heterocycles. The minimum Gasteiger partial charge on any atom is -0.371 e. The molecule has 0 radical (unpaired) electrons. The van der Waals surface area contributed by atoms with Crippen LogP contribution < -0.4 is 5.32 Å². The zero-order valence-electron chi connectivity index (χ0n) is 18.8. The van der Waals surface area contributed by atoms with Crippen molar-refractivity contribution in [1.82, 2.24) is 35.2 Å². The molecule has 172 valence electrons. The maximum Gasteiger partial charge on any atom is 0.178 e. The molecule has 6 rings (SSSR count). The van der Waals surface area contributed by atoms with Crippen molar-refractivity contribution in [1.29, 1.82) is 0 Å². The summed E-state index contributed by atoms with van der Waals surface area (Å²) in [6.07, 6.45) is 3.41. The van der Waals surface area contributed by atoms with Gasteiger partial charge in [0.1, 0.15) is 12.1 Å².